The highest BCUT2D eigenvalue weighted by Gasteiger charge is 2.40. The Morgan fingerprint density at radius 1 is 1.28 bits per heavy atom. The van der Waals surface area contributed by atoms with Gasteiger partial charge >= 0.3 is 0 Å². The highest BCUT2D eigenvalue weighted by Crippen LogP contribution is 2.32. The van der Waals surface area contributed by atoms with E-state index >= 15 is 0 Å². The van der Waals surface area contributed by atoms with E-state index in [2.05, 4.69) is 5.16 Å². The number of thiophene rings is 1. The van der Waals surface area contributed by atoms with Crippen molar-refractivity contribution in [2.75, 3.05) is 5.75 Å². The maximum absolute atomic E-state index is 13.7. The van der Waals surface area contributed by atoms with Crippen molar-refractivity contribution >= 4 is 26.9 Å². The molecular weight excluding hydrogens is 368 g/mol. The van der Waals surface area contributed by atoms with E-state index < -0.39 is 38.4 Å². The minimum absolute atomic E-state index is 0.327. The second-order valence-corrected chi connectivity index (χ2v) is 9.40. The monoisotopic (exact) mass is 385 g/mol. The molecule has 8 heteroatoms. The number of benzene rings is 1. The summed E-state index contributed by atoms with van der Waals surface area (Å²) < 4.78 is 52.4. The molecule has 1 unspecified atom stereocenters. The average molecular weight is 385 g/mol. The number of halogens is 2. The number of aryl methyl sites for hydroxylation is 1. The standard InChI is InChI=1S/C17H17F2NO3S2/c1-11-6-7-24-16(11)15-8-17(2,23-20-15)10-25(21,22)9-12-13(18)4-3-5-14(12)19/h3-7H,8-10H2,1-2H3. The number of nitrogens with zero attached hydrogens (tertiary/aromatic N) is 1. The molecule has 1 aromatic carbocycles. The first-order chi connectivity index (χ1) is 11.7. The third kappa shape index (κ3) is 3.90. The van der Waals surface area contributed by atoms with E-state index in [9.17, 15) is 17.2 Å². The van der Waals surface area contributed by atoms with Crippen molar-refractivity contribution < 1.29 is 22.0 Å². The van der Waals surface area contributed by atoms with Crippen LogP contribution in [0.1, 0.15) is 29.3 Å². The molecule has 0 saturated carbocycles. The van der Waals surface area contributed by atoms with Gasteiger partial charge in [-0.1, -0.05) is 11.2 Å². The molecule has 1 aliphatic heterocycles. The van der Waals surface area contributed by atoms with Gasteiger partial charge in [0.2, 0.25) is 0 Å². The van der Waals surface area contributed by atoms with Crippen molar-refractivity contribution in [3.8, 4) is 0 Å². The Morgan fingerprint density at radius 2 is 1.96 bits per heavy atom. The van der Waals surface area contributed by atoms with Gasteiger partial charge in [0.05, 0.1) is 16.4 Å². The third-order valence-corrected chi connectivity index (χ3v) is 6.84. The van der Waals surface area contributed by atoms with Gasteiger partial charge in [-0.3, -0.25) is 0 Å². The molecular formula is C17H17F2NO3S2. The Kier molecular flexibility index (Phi) is 4.68. The first kappa shape index (κ1) is 18.0. The minimum Gasteiger partial charge on any atom is -0.388 e. The van der Waals surface area contributed by atoms with Crippen LogP contribution in [0.4, 0.5) is 8.78 Å². The fourth-order valence-corrected chi connectivity index (χ4v) is 5.67. The van der Waals surface area contributed by atoms with Gasteiger partial charge in [-0.05, 0) is 43.0 Å². The van der Waals surface area contributed by atoms with Gasteiger partial charge in [-0.15, -0.1) is 11.3 Å². The zero-order valence-corrected chi connectivity index (χ0v) is 15.4. The topological polar surface area (TPSA) is 55.7 Å². The Bertz CT molecular complexity index is 917. The fraction of sp³-hybridized carbons (Fsp3) is 0.353. The van der Waals surface area contributed by atoms with Crippen LogP contribution in [0.15, 0.2) is 34.8 Å². The Morgan fingerprint density at radius 3 is 2.56 bits per heavy atom. The van der Waals surface area contributed by atoms with E-state index in [4.69, 9.17) is 4.84 Å². The summed E-state index contributed by atoms with van der Waals surface area (Å²) in [6.45, 7) is 3.59. The van der Waals surface area contributed by atoms with E-state index in [-0.39, 0.29) is 5.75 Å². The van der Waals surface area contributed by atoms with Crippen molar-refractivity contribution in [1.82, 2.24) is 0 Å². The molecule has 0 saturated heterocycles. The maximum atomic E-state index is 13.7. The van der Waals surface area contributed by atoms with Gasteiger partial charge < -0.3 is 4.84 Å². The molecule has 0 bridgehead atoms. The number of sulfone groups is 1. The molecule has 25 heavy (non-hydrogen) atoms. The van der Waals surface area contributed by atoms with Gasteiger partial charge in [0.25, 0.3) is 0 Å². The summed E-state index contributed by atoms with van der Waals surface area (Å²) in [6, 6.07) is 5.24. The summed E-state index contributed by atoms with van der Waals surface area (Å²) in [6.07, 6.45) is 0.327. The number of hydrogen-bond acceptors (Lipinski definition) is 5. The highest BCUT2D eigenvalue weighted by molar-refractivity contribution is 7.90. The first-order valence-corrected chi connectivity index (χ1v) is 10.3. The second-order valence-electron chi connectivity index (χ2n) is 6.42. The molecule has 0 N–H and O–H groups in total. The molecule has 1 aliphatic rings. The van der Waals surface area contributed by atoms with Gasteiger partial charge in [-0.2, -0.15) is 0 Å². The van der Waals surface area contributed by atoms with Crippen LogP contribution >= 0.6 is 11.3 Å². The SMILES string of the molecule is Cc1ccsc1C1=NOC(C)(CS(=O)(=O)Cc2c(F)cccc2F)C1. The Balaban J connectivity index is 1.75. The lowest BCUT2D eigenvalue weighted by molar-refractivity contribution is 0.0150. The normalized spacial score (nSPS) is 20.4. The van der Waals surface area contributed by atoms with Crippen molar-refractivity contribution in [3.05, 3.63) is 57.3 Å². The summed E-state index contributed by atoms with van der Waals surface area (Å²) in [4.78, 5) is 6.35. The molecule has 0 fully saturated rings. The molecule has 3 rings (SSSR count). The largest absolute Gasteiger partial charge is 0.388 e. The van der Waals surface area contributed by atoms with Gasteiger partial charge in [-0.25, -0.2) is 17.2 Å². The molecule has 0 aliphatic carbocycles. The maximum Gasteiger partial charge on any atom is 0.158 e. The summed E-state index contributed by atoms with van der Waals surface area (Å²) >= 11 is 1.51. The van der Waals surface area contributed by atoms with Crippen molar-refractivity contribution in [3.63, 3.8) is 0 Å². The lowest BCUT2D eigenvalue weighted by atomic mass is 10.0. The van der Waals surface area contributed by atoms with Crippen LogP contribution in [0.25, 0.3) is 0 Å². The molecule has 4 nitrogen and oxygen atoms in total. The van der Waals surface area contributed by atoms with E-state index in [0.717, 1.165) is 22.6 Å². The zero-order chi connectivity index (χ0) is 18.2. The zero-order valence-electron chi connectivity index (χ0n) is 13.8. The van der Waals surface area contributed by atoms with Crippen molar-refractivity contribution in [2.45, 2.75) is 31.6 Å². The van der Waals surface area contributed by atoms with E-state index in [1.54, 1.807) is 6.92 Å². The quantitative estimate of drug-likeness (QED) is 0.786. The van der Waals surface area contributed by atoms with Gasteiger partial charge in [0.1, 0.15) is 17.3 Å². The van der Waals surface area contributed by atoms with Crippen molar-refractivity contribution in [1.29, 1.82) is 0 Å². The van der Waals surface area contributed by atoms with E-state index in [1.807, 2.05) is 18.4 Å². The number of rotatable bonds is 5. The highest BCUT2D eigenvalue weighted by atomic mass is 32.2. The third-order valence-electron chi connectivity index (χ3n) is 3.99. The lowest BCUT2D eigenvalue weighted by Gasteiger charge is -2.21. The van der Waals surface area contributed by atoms with Crippen LogP contribution in [0.5, 0.6) is 0 Å². The van der Waals surface area contributed by atoms with Crippen LogP contribution in [0.2, 0.25) is 0 Å². The first-order valence-electron chi connectivity index (χ1n) is 7.62. The molecule has 134 valence electrons. The van der Waals surface area contributed by atoms with Crippen LogP contribution in [-0.4, -0.2) is 25.5 Å². The lowest BCUT2D eigenvalue weighted by Crippen LogP contribution is -2.35. The average Bonchev–Trinajstić information content (AvgIpc) is 3.08. The summed E-state index contributed by atoms with van der Waals surface area (Å²) in [5.74, 6) is -2.82. The molecule has 2 aromatic rings. The number of oxime groups is 1. The van der Waals surface area contributed by atoms with Crippen LogP contribution in [-0.2, 0) is 20.4 Å². The summed E-state index contributed by atoms with van der Waals surface area (Å²) in [5.41, 5.74) is 0.251. The summed E-state index contributed by atoms with van der Waals surface area (Å²) in [7, 11) is -3.80. The summed E-state index contributed by atoms with van der Waals surface area (Å²) in [5, 5.41) is 5.96. The molecule has 2 heterocycles. The predicted octanol–water partition coefficient (Wildman–Crippen LogP) is 3.83. The molecule has 0 radical (unpaired) electrons. The fourth-order valence-electron chi connectivity index (χ4n) is 2.86. The van der Waals surface area contributed by atoms with Gasteiger partial charge in [0.15, 0.2) is 15.4 Å². The Hall–Kier alpha value is -1.80. The van der Waals surface area contributed by atoms with Crippen molar-refractivity contribution in [2.24, 2.45) is 5.16 Å². The minimum atomic E-state index is -3.80. The van der Waals surface area contributed by atoms with E-state index in [1.165, 1.54) is 17.4 Å². The van der Waals surface area contributed by atoms with Gasteiger partial charge in [0, 0.05) is 12.0 Å². The van der Waals surface area contributed by atoms with Crippen LogP contribution in [0.3, 0.4) is 0 Å². The predicted molar refractivity (Wildman–Crippen MR) is 93.5 cm³/mol. The molecule has 0 spiro atoms. The van der Waals surface area contributed by atoms with Crippen LogP contribution < -0.4 is 0 Å². The van der Waals surface area contributed by atoms with Crippen LogP contribution in [0, 0.1) is 18.6 Å². The molecule has 0 amide bonds. The molecule has 1 atom stereocenters. The molecule has 1 aromatic heterocycles. The Labute approximate surface area is 149 Å². The second kappa shape index (κ2) is 6.49. The smallest absolute Gasteiger partial charge is 0.158 e. The van der Waals surface area contributed by atoms with E-state index in [0.29, 0.717) is 12.1 Å². The number of hydrogen-bond donors (Lipinski definition) is 0.